The first kappa shape index (κ1) is 14.4. The maximum Gasteiger partial charge on any atom is 0.227 e. The third kappa shape index (κ3) is 5.65. The van der Waals surface area contributed by atoms with E-state index in [0.717, 1.165) is 19.4 Å². The molecule has 1 aromatic heterocycles. The standard InChI is InChI=1S/C12H21N3O4/c16-10(7-17-8-11-2-1-5-18-11)6-13-4-3-12-14-9-15-19-12/h9-11,13,16H,1-8H2. The molecular weight excluding hydrogens is 250 g/mol. The van der Waals surface area contributed by atoms with Gasteiger partial charge >= 0.3 is 0 Å². The molecule has 2 unspecified atom stereocenters. The van der Waals surface area contributed by atoms with Gasteiger partial charge in [-0.3, -0.25) is 0 Å². The van der Waals surface area contributed by atoms with E-state index >= 15 is 0 Å². The highest BCUT2D eigenvalue weighted by molar-refractivity contribution is 4.75. The van der Waals surface area contributed by atoms with Crippen LogP contribution in [0.1, 0.15) is 18.7 Å². The summed E-state index contributed by atoms with van der Waals surface area (Å²) in [5.41, 5.74) is 0. The molecule has 2 N–H and O–H groups in total. The van der Waals surface area contributed by atoms with Crippen LogP contribution >= 0.6 is 0 Å². The van der Waals surface area contributed by atoms with Crippen LogP contribution < -0.4 is 5.32 Å². The molecule has 108 valence electrons. The van der Waals surface area contributed by atoms with Crippen molar-refractivity contribution in [2.45, 2.75) is 31.5 Å². The average molecular weight is 271 g/mol. The van der Waals surface area contributed by atoms with Crippen LogP contribution in [0.25, 0.3) is 0 Å². The summed E-state index contributed by atoms with van der Waals surface area (Å²) in [6, 6.07) is 0. The molecule has 1 saturated heterocycles. The topological polar surface area (TPSA) is 89.6 Å². The molecule has 0 aromatic carbocycles. The summed E-state index contributed by atoms with van der Waals surface area (Å²) in [5.74, 6) is 0.594. The Hall–Kier alpha value is -1.02. The van der Waals surface area contributed by atoms with Crippen LogP contribution in [0.2, 0.25) is 0 Å². The molecule has 0 saturated carbocycles. The van der Waals surface area contributed by atoms with Crippen LogP contribution in [0.5, 0.6) is 0 Å². The van der Waals surface area contributed by atoms with E-state index < -0.39 is 6.10 Å². The van der Waals surface area contributed by atoms with E-state index in [1.165, 1.54) is 6.33 Å². The Labute approximate surface area is 112 Å². The Kier molecular flexibility index (Phi) is 6.22. The summed E-state index contributed by atoms with van der Waals surface area (Å²) in [6.07, 6.45) is 3.89. The van der Waals surface area contributed by atoms with Gasteiger partial charge in [0, 0.05) is 26.1 Å². The maximum absolute atomic E-state index is 9.70. The molecule has 0 bridgehead atoms. The van der Waals surface area contributed by atoms with Gasteiger partial charge in [0.25, 0.3) is 0 Å². The Balaban J connectivity index is 1.44. The van der Waals surface area contributed by atoms with Crippen LogP contribution in [0.3, 0.4) is 0 Å². The number of hydrogen-bond acceptors (Lipinski definition) is 7. The van der Waals surface area contributed by atoms with Crippen molar-refractivity contribution in [2.24, 2.45) is 0 Å². The highest BCUT2D eigenvalue weighted by Gasteiger charge is 2.16. The number of nitrogens with one attached hydrogen (secondary N) is 1. The molecule has 19 heavy (non-hydrogen) atoms. The van der Waals surface area contributed by atoms with Crippen molar-refractivity contribution < 1.29 is 19.1 Å². The quantitative estimate of drug-likeness (QED) is 0.599. The maximum atomic E-state index is 9.70. The highest BCUT2D eigenvalue weighted by Crippen LogP contribution is 2.11. The fourth-order valence-corrected chi connectivity index (χ4v) is 1.94. The van der Waals surface area contributed by atoms with Gasteiger partial charge in [-0.2, -0.15) is 4.98 Å². The summed E-state index contributed by atoms with van der Waals surface area (Å²) in [5, 5.41) is 16.3. The zero-order valence-corrected chi connectivity index (χ0v) is 11.0. The van der Waals surface area contributed by atoms with E-state index in [9.17, 15) is 5.11 Å². The van der Waals surface area contributed by atoms with Crippen LogP contribution in [-0.2, 0) is 15.9 Å². The summed E-state index contributed by atoms with van der Waals surface area (Å²) >= 11 is 0. The molecule has 1 aliphatic rings. The SMILES string of the molecule is OC(CNCCc1ncno1)COCC1CCCO1. The number of ether oxygens (including phenoxy) is 2. The molecule has 1 aliphatic heterocycles. The van der Waals surface area contributed by atoms with Crippen molar-refractivity contribution in [1.82, 2.24) is 15.5 Å². The van der Waals surface area contributed by atoms with Gasteiger partial charge in [0.1, 0.15) is 0 Å². The highest BCUT2D eigenvalue weighted by atomic mass is 16.5. The monoisotopic (exact) mass is 271 g/mol. The normalized spacial score (nSPS) is 20.8. The van der Waals surface area contributed by atoms with Crippen molar-refractivity contribution >= 4 is 0 Å². The Morgan fingerprint density at radius 3 is 3.26 bits per heavy atom. The third-order valence-electron chi connectivity index (χ3n) is 2.94. The number of aliphatic hydroxyl groups is 1. The number of rotatable bonds is 9. The van der Waals surface area contributed by atoms with Gasteiger partial charge in [0.05, 0.1) is 25.4 Å². The first-order valence-electron chi connectivity index (χ1n) is 6.68. The predicted octanol–water partition coefficient (Wildman–Crippen LogP) is -0.242. The summed E-state index contributed by atoms with van der Waals surface area (Å²) in [7, 11) is 0. The van der Waals surface area contributed by atoms with Crippen molar-refractivity contribution in [2.75, 3.05) is 32.9 Å². The third-order valence-corrected chi connectivity index (χ3v) is 2.94. The molecule has 2 heterocycles. The molecule has 2 rings (SSSR count). The van der Waals surface area contributed by atoms with Crippen LogP contribution in [-0.4, -0.2) is 60.4 Å². The summed E-state index contributed by atoms with van der Waals surface area (Å²) < 4.78 is 15.7. The molecule has 1 fully saturated rings. The number of nitrogens with zero attached hydrogens (tertiary/aromatic N) is 2. The van der Waals surface area contributed by atoms with Crippen molar-refractivity contribution in [1.29, 1.82) is 0 Å². The first-order chi connectivity index (χ1) is 9.34. The molecule has 1 aromatic rings. The molecule has 7 nitrogen and oxygen atoms in total. The minimum atomic E-state index is -0.510. The number of hydrogen-bond donors (Lipinski definition) is 2. The van der Waals surface area contributed by atoms with Crippen molar-refractivity contribution in [3.8, 4) is 0 Å². The number of aromatic nitrogens is 2. The van der Waals surface area contributed by atoms with Crippen molar-refractivity contribution in [3.63, 3.8) is 0 Å². The lowest BCUT2D eigenvalue weighted by atomic mass is 10.2. The van der Waals surface area contributed by atoms with E-state index in [1.807, 2.05) is 0 Å². The lowest BCUT2D eigenvalue weighted by Gasteiger charge is -2.14. The van der Waals surface area contributed by atoms with Crippen molar-refractivity contribution in [3.05, 3.63) is 12.2 Å². The second-order valence-electron chi connectivity index (χ2n) is 4.62. The molecule has 2 atom stereocenters. The van der Waals surface area contributed by atoms with Gasteiger partial charge in [0.2, 0.25) is 5.89 Å². The van der Waals surface area contributed by atoms with E-state index in [-0.39, 0.29) is 6.10 Å². The molecule has 7 heteroatoms. The van der Waals surface area contributed by atoms with Gasteiger partial charge < -0.3 is 24.4 Å². The fraction of sp³-hybridized carbons (Fsp3) is 0.833. The minimum Gasteiger partial charge on any atom is -0.389 e. The fourth-order valence-electron chi connectivity index (χ4n) is 1.94. The van der Waals surface area contributed by atoms with Crippen LogP contribution in [0, 0.1) is 0 Å². The van der Waals surface area contributed by atoms with Gasteiger partial charge in [-0.15, -0.1) is 0 Å². The Morgan fingerprint density at radius 1 is 1.58 bits per heavy atom. The van der Waals surface area contributed by atoms with Gasteiger partial charge in [0.15, 0.2) is 6.33 Å². The first-order valence-corrected chi connectivity index (χ1v) is 6.68. The van der Waals surface area contributed by atoms with E-state index in [1.54, 1.807) is 0 Å². The molecule has 0 radical (unpaired) electrons. The van der Waals surface area contributed by atoms with E-state index in [0.29, 0.717) is 38.6 Å². The second kappa shape index (κ2) is 8.21. The number of aliphatic hydroxyl groups excluding tert-OH is 1. The van der Waals surface area contributed by atoms with Crippen LogP contribution in [0.4, 0.5) is 0 Å². The summed E-state index contributed by atoms with van der Waals surface area (Å²) in [6.45, 7) is 2.89. The Bertz CT molecular complexity index is 328. The molecule has 0 spiro atoms. The van der Waals surface area contributed by atoms with Crippen LogP contribution in [0.15, 0.2) is 10.9 Å². The molecule has 0 amide bonds. The Morgan fingerprint density at radius 2 is 2.53 bits per heavy atom. The smallest absolute Gasteiger partial charge is 0.227 e. The van der Waals surface area contributed by atoms with E-state index in [4.69, 9.17) is 14.0 Å². The largest absolute Gasteiger partial charge is 0.389 e. The lowest BCUT2D eigenvalue weighted by molar-refractivity contribution is -0.0163. The lowest BCUT2D eigenvalue weighted by Crippen LogP contribution is -2.32. The zero-order valence-electron chi connectivity index (χ0n) is 11.0. The molecular formula is C12H21N3O4. The predicted molar refractivity (Wildman–Crippen MR) is 66.7 cm³/mol. The van der Waals surface area contributed by atoms with E-state index in [2.05, 4.69) is 15.5 Å². The minimum absolute atomic E-state index is 0.206. The zero-order chi connectivity index (χ0) is 13.3. The second-order valence-corrected chi connectivity index (χ2v) is 4.62. The summed E-state index contributed by atoms with van der Waals surface area (Å²) in [4.78, 5) is 3.91. The van der Waals surface area contributed by atoms with Gasteiger partial charge in [-0.05, 0) is 12.8 Å². The van der Waals surface area contributed by atoms with Gasteiger partial charge in [-0.1, -0.05) is 5.16 Å². The average Bonchev–Trinajstić information content (AvgIpc) is 3.07. The van der Waals surface area contributed by atoms with Gasteiger partial charge in [-0.25, -0.2) is 0 Å². The molecule has 0 aliphatic carbocycles.